The molecule has 1 saturated heterocycles. The summed E-state index contributed by atoms with van der Waals surface area (Å²) in [5.41, 5.74) is 1.81. The Morgan fingerprint density at radius 2 is 1.73 bits per heavy atom. The summed E-state index contributed by atoms with van der Waals surface area (Å²) in [6.07, 6.45) is 4.94. The molecule has 1 amide bonds. The number of H-pyrrole nitrogens is 1. The molecule has 2 aromatic heterocycles. The average molecular weight is 352 g/mol. The molecule has 0 atom stereocenters. The van der Waals surface area contributed by atoms with Crippen molar-refractivity contribution in [3.8, 4) is 11.3 Å². The van der Waals surface area contributed by atoms with Gasteiger partial charge in [-0.1, -0.05) is 0 Å². The van der Waals surface area contributed by atoms with E-state index in [1.807, 2.05) is 0 Å². The Kier molecular flexibility index (Phi) is 4.30. The molecule has 3 aromatic rings. The number of amides is 1. The van der Waals surface area contributed by atoms with Gasteiger partial charge in [-0.15, -0.1) is 0 Å². The lowest BCUT2D eigenvalue weighted by Crippen LogP contribution is -2.49. The molecule has 1 aliphatic rings. The SMILES string of the molecule is O=C(c1cn[nH]c1-c1ccc(F)cc1)N1CCN(c2ncccn2)CC1. The Morgan fingerprint density at radius 3 is 2.42 bits per heavy atom. The molecule has 0 unspecified atom stereocenters. The van der Waals surface area contributed by atoms with Crippen LogP contribution in [-0.2, 0) is 0 Å². The van der Waals surface area contributed by atoms with Crippen molar-refractivity contribution in [3.05, 3.63) is 60.3 Å². The summed E-state index contributed by atoms with van der Waals surface area (Å²) in [6, 6.07) is 7.76. The molecule has 0 saturated carbocycles. The molecule has 26 heavy (non-hydrogen) atoms. The zero-order valence-electron chi connectivity index (χ0n) is 14.0. The number of benzene rings is 1. The molecule has 8 heteroatoms. The van der Waals surface area contributed by atoms with Crippen LogP contribution in [0.5, 0.6) is 0 Å². The smallest absolute Gasteiger partial charge is 0.257 e. The lowest BCUT2D eigenvalue weighted by atomic mass is 10.1. The molecule has 1 aliphatic heterocycles. The third kappa shape index (κ3) is 3.13. The van der Waals surface area contributed by atoms with E-state index in [-0.39, 0.29) is 11.7 Å². The van der Waals surface area contributed by atoms with Crippen molar-refractivity contribution in [1.29, 1.82) is 0 Å². The van der Waals surface area contributed by atoms with Crippen molar-refractivity contribution in [3.63, 3.8) is 0 Å². The van der Waals surface area contributed by atoms with Crippen LogP contribution in [0.15, 0.2) is 48.9 Å². The molecule has 7 nitrogen and oxygen atoms in total. The van der Waals surface area contributed by atoms with Crippen LogP contribution in [0.4, 0.5) is 10.3 Å². The first-order valence-corrected chi connectivity index (χ1v) is 8.33. The van der Waals surface area contributed by atoms with Crippen molar-refractivity contribution in [2.45, 2.75) is 0 Å². The molecule has 0 spiro atoms. The Labute approximate surface area is 149 Å². The Balaban J connectivity index is 1.48. The number of hydrogen-bond donors (Lipinski definition) is 1. The van der Waals surface area contributed by atoms with Crippen LogP contribution in [0.1, 0.15) is 10.4 Å². The molecule has 132 valence electrons. The van der Waals surface area contributed by atoms with E-state index >= 15 is 0 Å². The highest BCUT2D eigenvalue weighted by atomic mass is 19.1. The largest absolute Gasteiger partial charge is 0.337 e. The van der Waals surface area contributed by atoms with E-state index in [0.29, 0.717) is 43.4 Å². The summed E-state index contributed by atoms with van der Waals surface area (Å²) in [5.74, 6) is 0.266. The topological polar surface area (TPSA) is 78.0 Å². The first-order chi connectivity index (χ1) is 12.7. The fourth-order valence-electron chi connectivity index (χ4n) is 3.02. The summed E-state index contributed by atoms with van der Waals surface area (Å²) in [7, 11) is 0. The minimum atomic E-state index is -0.319. The third-order valence-corrected chi connectivity index (χ3v) is 4.40. The molecule has 3 heterocycles. The number of halogens is 1. The number of anilines is 1. The van der Waals surface area contributed by atoms with Gasteiger partial charge in [-0.3, -0.25) is 9.89 Å². The highest BCUT2D eigenvalue weighted by Crippen LogP contribution is 2.23. The number of nitrogens with one attached hydrogen (secondary N) is 1. The van der Waals surface area contributed by atoms with Crippen LogP contribution >= 0.6 is 0 Å². The summed E-state index contributed by atoms with van der Waals surface area (Å²) >= 11 is 0. The first-order valence-electron chi connectivity index (χ1n) is 8.33. The Morgan fingerprint density at radius 1 is 1.04 bits per heavy atom. The van der Waals surface area contributed by atoms with Crippen molar-refractivity contribution in [2.75, 3.05) is 31.1 Å². The minimum absolute atomic E-state index is 0.0910. The summed E-state index contributed by atoms with van der Waals surface area (Å²) < 4.78 is 13.1. The molecule has 0 bridgehead atoms. The van der Waals surface area contributed by atoms with Crippen LogP contribution in [0.2, 0.25) is 0 Å². The maximum absolute atomic E-state index is 13.1. The van der Waals surface area contributed by atoms with E-state index in [1.165, 1.54) is 18.3 Å². The van der Waals surface area contributed by atoms with Crippen molar-refractivity contribution in [2.24, 2.45) is 0 Å². The molecule has 0 aliphatic carbocycles. The molecule has 1 aromatic carbocycles. The Bertz CT molecular complexity index is 888. The molecule has 1 fully saturated rings. The molecule has 4 rings (SSSR count). The van der Waals surface area contributed by atoms with E-state index in [2.05, 4.69) is 25.1 Å². The predicted octanol–water partition coefficient (Wildman–Crippen LogP) is 1.97. The second-order valence-electron chi connectivity index (χ2n) is 5.99. The monoisotopic (exact) mass is 352 g/mol. The third-order valence-electron chi connectivity index (χ3n) is 4.40. The van der Waals surface area contributed by atoms with Crippen LogP contribution < -0.4 is 4.90 Å². The zero-order valence-corrected chi connectivity index (χ0v) is 14.0. The summed E-state index contributed by atoms with van der Waals surface area (Å²) in [6.45, 7) is 2.48. The fraction of sp³-hybridized carbons (Fsp3) is 0.222. The number of aromatic amines is 1. The number of rotatable bonds is 3. The van der Waals surface area contributed by atoms with Gasteiger partial charge >= 0.3 is 0 Å². The number of hydrogen-bond acceptors (Lipinski definition) is 5. The zero-order chi connectivity index (χ0) is 17.9. The van der Waals surface area contributed by atoms with Gasteiger partial charge in [0.25, 0.3) is 5.91 Å². The molecule has 1 N–H and O–H groups in total. The minimum Gasteiger partial charge on any atom is -0.337 e. The maximum Gasteiger partial charge on any atom is 0.257 e. The van der Waals surface area contributed by atoms with Crippen LogP contribution in [0.25, 0.3) is 11.3 Å². The van der Waals surface area contributed by atoms with Crippen LogP contribution in [0.3, 0.4) is 0 Å². The number of nitrogens with zero attached hydrogens (tertiary/aromatic N) is 5. The number of carbonyl (C=O) groups is 1. The normalized spacial score (nSPS) is 14.5. The van der Waals surface area contributed by atoms with Crippen molar-refractivity contribution < 1.29 is 9.18 Å². The molecule has 0 radical (unpaired) electrons. The molecular formula is C18H17FN6O. The number of carbonyl (C=O) groups excluding carboxylic acids is 1. The maximum atomic E-state index is 13.1. The van der Waals surface area contributed by atoms with Gasteiger partial charge < -0.3 is 9.80 Å². The Hall–Kier alpha value is -3.29. The number of piperazine rings is 1. The number of aromatic nitrogens is 4. The van der Waals surface area contributed by atoms with E-state index in [9.17, 15) is 9.18 Å². The lowest BCUT2D eigenvalue weighted by molar-refractivity contribution is 0.0747. The fourth-order valence-corrected chi connectivity index (χ4v) is 3.02. The van der Waals surface area contributed by atoms with Crippen LogP contribution in [0, 0.1) is 5.82 Å². The van der Waals surface area contributed by atoms with Crippen molar-refractivity contribution in [1.82, 2.24) is 25.1 Å². The van der Waals surface area contributed by atoms with Gasteiger partial charge in [0.05, 0.1) is 17.5 Å². The van der Waals surface area contributed by atoms with Gasteiger partial charge in [0.15, 0.2) is 0 Å². The molecular weight excluding hydrogens is 335 g/mol. The van der Waals surface area contributed by atoms with Gasteiger partial charge in [-0.2, -0.15) is 5.10 Å². The van der Waals surface area contributed by atoms with Gasteiger partial charge in [-0.25, -0.2) is 14.4 Å². The highest BCUT2D eigenvalue weighted by molar-refractivity contribution is 5.99. The van der Waals surface area contributed by atoms with E-state index in [1.54, 1.807) is 35.5 Å². The van der Waals surface area contributed by atoms with Gasteiger partial charge in [0.1, 0.15) is 5.82 Å². The second-order valence-corrected chi connectivity index (χ2v) is 5.99. The summed E-state index contributed by atoms with van der Waals surface area (Å²) in [5, 5.41) is 6.85. The van der Waals surface area contributed by atoms with Crippen LogP contribution in [-0.4, -0.2) is 57.2 Å². The summed E-state index contributed by atoms with van der Waals surface area (Å²) in [4.78, 5) is 25.2. The van der Waals surface area contributed by atoms with Gasteiger partial charge in [0.2, 0.25) is 5.95 Å². The van der Waals surface area contributed by atoms with Crippen molar-refractivity contribution >= 4 is 11.9 Å². The van der Waals surface area contributed by atoms with E-state index < -0.39 is 0 Å². The standard InChI is InChI=1S/C18H17FN6O/c19-14-4-2-13(3-5-14)16-15(12-22-23-16)17(26)24-8-10-25(11-9-24)18-20-6-1-7-21-18/h1-7,12H,8-11H2,(H,22,23). The predicted molar refractivity (Wildman–Crippen MR) is 94.1 cm³/mol. The lowest BCUT2D eigenvalue weighted by Gasteiger charge is -2.34. The van der Waals surface area contributed by atoms with Gasteiger partial charge in [0, 0.05) is 44.1 Å². The van der Waals surface area contributed by atoms with E-state index in [0.717, 1.165) is 5.56 Å². The van der Waals surface area contributed by atoms with E-state index in [4.69, 9.17) is 0 Å². The van der Waals surface area contributed by atoms with Gasteiger partial charge in [-0.05, 0) is 30.3 Å². The second kappa shape index (κ2) is 6.91. The quantitative estimate of drug-likeness (QED) is 0.780. The first kappa shape index (κ1) is 16.2. The average Bonchev–Trinajstić information content (AvgIpc) is 3.19. The highest BCUT2D eigenvalue weighted by Gasteiger charge is 2.26.